The van der Waals surface area contributed by atoms with Crippen LogP contribution < -0.4 is 4.90 Å². The number of hydrogen-bond acceptors (Lipinski definition) is 6. The van der Waals surface area contributed by atoms with Crippen LogP contribution in [0.3, 0.4) is 0 Å². The molecule has 1 aromatic carbocycles. The number of hydrogen-bond donors (Lipinski definition) is 2. The van der Waals surface area contributed by atoms with Crippen molar-refractivity contribution in [2.45, 2.75) is 48.8 Å². The number of nitrogens with one attached hydrogen (secondary N) is 1. The number of carbonyl (C=O) groups is 3. The van der Waals surface area contributed by atoms with Crippen LogP contribution in [0.15, 0.2) is 30.5 Å². The van der Waals surface area contributed by atoms with Crippen LogP contribution in [0.25, 0.3) is 11.0 Å². The van der Waals surface area contributed by atoms with Gasteiger partial charge in [0.2, 0.25) is 11.8 Å². The summed E-state index contributed by atoms with van der Waals surface area (Å²) in [6.07, 6.45) is 5.91. The summed E-state index contributed by atoms with van der Waals surface area (Å²) in [6.45, 7) is 0.989. The number of aromatic amines is 1. The van der Waals surface area contributed by atoms with Crippen molar-refractivity contribution in [3.05, 3.63) is 52.6 Å². The van der Waals surface area contributed by atoms with Gasteiger partial charge in [0.25, 0.3) is 5.91 Å². The Kier molecular flexibility index (Phi) is 5.91. The zero-order valence-corrected chi connectivity index (χ0v) is 23.3. The van der Waals surface area contributed by atoms with Gasteiger partial charge in [-0.3, -0.25) is 19.5 Å². The number of H-pyrrole nitrogens is 1. The lowest BCUT2D eigenvalue weighted by atomic mass is 9.73. The van der Waals surface area contributed by atoms with Crippen LogP contribution in [-0.4, -0.2) is 73.8 Å². The Bertz CT molecular complexity index is 1570. The minimum atomic E-state index is -1.12. The third kappa shape index (κ3) is 3.62. The van der Waals surface area contributed by atoms with Crippen LogP contribution in [0, 0.1) is 11.7 Å². The molecule has 208 valence electrons. The third-order valence-corrected chi connectivity index (χ3v) is 10.6. The molecule has 3 aliphatic heterocycles. The average molecular weight is 583 g/mol. The van der Waals surface area contributed by atoms with E-state index in [2.05, 4.69) is 15.2 Å². The molecule has 12 heteroatoms. The number of thiol groups is 1. The SMILES string of the molecule is O=C(c1ccc2[nH]ncc2n1)N1CCC2(CC1)C(=O)N(CC(=O)N1CCC3CCCC31S)c1ccc(F)c(Cl)c12. The van der Waals surface area contributed by atoms with Crippen molar-refractivity contribution in [2.24, 2.45) is 5.92 Å². The molecule has 0 bridgehead atoms. The van der Waals surface area contributed by atoms with Crippen LogP contribution in [0.1, 0.15) is 54.6 Å². The lowest BCUT2D eigenvalue weighted by molar-refractivity contribution is -0.134. The number of pyridine rings is 1. The second-order valence-electron chi connectivity index (χ2n) is 11.3. The van der Waals surface area contributed by atoms with E-state index in [9.17, 15) is 18.8 Å². The highest BCUT2D eigenvalue weighted by Gasteiger charge is 2.56. The first kappa shape index (κ1) is 25.8. The standard InChI is InChI=1S/C28H28ClFN6O3S/c29-24-17(30)3-6-21-23(24)27(26(39)35(21)15-22(37)36-11-7-16-2-1-8-28(16,36)40)9-12-34(13-10-27)25(38)19-5-4-18-20(32-19)14-31-33-18/h3-6,14,16,40H,1-2,7-13,15H2,(H,31,33). The molecule has 1 spiro atoms. The van der Waals surface area contributed by atoms with E-state index >= 15 is 0 Å². The first-order valence-electron chi connectivity index (χ1n) is 13.7. The lowest BCUT2D eigenvalue weighted by Gasteiger charge is -2.39. The van der Waals surface area contributed by atoms with Crippen LogP contribution in [0.5, 0.6) is 0 Å². The number of benzene rings is 1. The molecule has 1 N–H and O–H groups in total. The lowest BCUT2D eigenvalue weighted by Crippen LogP contribution is -2.53. The summed E-state index contributed by atoms with van der Waals surface area (Å²) in [6, 6.07) is 6.18. The second-order valence-corrected chi connectivity index (χ2v) is 12.5. The van der Waals surface area contributed by atoms with Crippen molar-refractivity contribution in [3.63, 3.8) is 0 Å². The predicted octanol–water partition coefficient (Wildman–Crippen LogP) is 3.93. The van der Waals surface area contributed by atoms with E-state index in [-0.39, 0.29) is 60.9 Å². The molecule has 3 aromatic rings. The highest BCUT2D eigenvalue weighted by Crippen LogP contribution is 2.53. The molecule has 2 saturated heterocycles. The quantitative estimate of drug-likeness (QED) is 0.456. The smallest absolute Gasteiger partial charge is 0.272 e. The average Bonchev–Trinajstić information content (AvgIpc) is 3.69. The first-order chi connectivity index (χ1) is 19.2. The van der Waals surface area contributed by atoms with Gasteiger partial charge >= 0.3 is 0 Å². The molecule has 7 rings (SSSR count). The van der Waals surface area contributed by atoms with E-state index in [0.29, 0.717) is 29.2 Å². The van der Waals surface area contributed by atoms with E-state index in [4.69, 9.17) is 24.2 Å². The van der Waals surface area contributed by atoms with Crippen molar-refractivity contribution in [1.82, 2.24) is 25.0 Å². The summed E-state index contributed by atoms with van der Waals surface area (Å²) in [4.78, 5) is 49.9. The monoisotopic (exact) mass is 582 g/mol. The first-order valence-corrected chi connectivity index (χ1v) is 14.5. The van der Waals surface area contributed by atoms with Gasteiger partial charge in [0.05, 0.1) is 32.7 Å². The number of piperidine rings is 1. The van der Waals surface area contributed by atoms with Gasteiger partial charge in [0.15, 0.2) is 0 Å². The summed E-state index contributed by atoms with van der Waals surface area (Å²) in [7, 11) is 0. The van der Waals surface area contributed by atoms with E-state index in [1.54, 1.807) is 23.2 Å². The molecule has 4 aliphatic rings. The van der Waals surface area contributed by atoms with Gasteiger partial charge in [-0.25, -0.2) is 9.37 Å². The zero-order chi connectivity index (χ0) is 27.8. The maximum absolute atomic E-state index is 14.8. The fourth-order valence-corrected chi connectivity index (χ4v) is 8.30. The molecule has 2 unspecified atom stereocenters. The van der Waals surface area contributed by atoms with Crippen molar-refractivity contribution in [2.75, 3.05) is 31.1 Å². The molecule has 9 nitrogen and oxygen atoms in total. The zero-order valence-electron chi connectivity index (χ0n) is 21.7. The van der Waals surface area contributed by atoms with Crippen molar-refractivity contribution in [3.8, 4) is 0 Å². The topological polar surface area (TPSA) is 102 Å². The molecule has 2 aromatic heterocycles. The van der Waals surface area contributed by atoms with E-state index in [1.807, 2.05) is 4.90 Å². The van der Waals surface area contributed by atoms with Crippen molar-refractivity contribution < 1.29 is 18.8 Å². The summed E-state index contributed by atoms with van der Waals surface area (Å²) < 4.78 is 14.8. The molecule has 3 fully saturated rings. The maximum Gasteiger partial charge on any atom is 0.272 e. The molecule has 1 aliphatic carbocycles. The van der Waals surface area contributed by atoms with Gasteiger partial charge in [-0.2, -0.15) is 17.7 Å². The molecular weight excluding hydrogens is 555 g/mol. The summed E-state index contributed by atoms with van der Waals surface area (Å²) in [5, 5.41) is 6.67. The fraction of sp³-hybridized carbons (Fsp3) is 0.464. The highest BCUT2D eigenvalue weighted by atomic mass is 35.5. The van der Waals surface area contributed by atoms with Gasteiger partial charge in [0.1, 0.15) is 23.6 Å². The number of halogens is 2. The van der Waals surface area contributed by atoms with Crippen LogP contribution >= 0.6 is 24.2 Å². The Morgan fingerprint density at radius 2 is 1.93 bits per heavy atom. The van der Waals surface area contributed by atoms with Gasteiger partial charge < -0.3 is 14.7 Å². The number of aromatic nitrogens is 3. The maximum atomic E-state index is 14.8. The number of likely N-dealkylation sites (tertiary alicyclic amines) is 2. The molecule has 0 radical (unpaired) electrons. The van der Waals surface area contributed by atoms with Crippen LogP contribution in [-0.2, 0) is 15.0 Å². The van der Waals surface area contributed by atoms with Crippen LogP contribution in [0.4, 0.5) is 10.1 Å². The normalized spacial score (nSPS) is 25.2. The molecular formula is C28H28ClFN6O3S. The van der Waals surface area contributed by atoms with Gasteiger partial charge in [-0.15, -0.1) is 0 Å². The van der Waals surface area contributed by atoms with E-state index in [0.717, 1.165) is 31.2 Å². The number of nitrogens with zero attached hydrogens (tertiary/aromatic N) is 5. The molecule has 2 atom stereocenters. The Morgan fingerprint density at radius 3 is 2.73 bits per heavy atom. The minimum Gasteiger partial charge on any atom is -0.337 e. The number of rotatable bonds is 3. The number of amides is 3. The van der Waals surface area contributed by atoms with E-state index < -0.39 is 16.1 Å². The Hall–Kier alpha value is -3.18. The highest BCUT2D eigenvalue weighted by molar-refractivity contribution is 7.81. The number of carbonyl (C=O) groups excluding carboxylic acids is 3. The molecule has 5 heterocycles. The van der Waals surface area contributed by atoms with Crippen LogP contribution in [0.2, 0.25) is 5.02 Å². The summed E-state index contributed by atoms with van der Waals surface area (Å²) >= 11 is 11.5. The van der Waals surface area contributed by atoms with E-state index in [1.165, 1.54) is 17.0 Å². The fourth-order valence-electron chi connectivity index (χ4n) is 7.33. The minimum absolute atomic E-state index is 0.102. The van der Waals surface area contributed by atoms with Gasteiger partial charge in [0, 0.05) is 25.2 Å². The Balaban J connectivity index is 1.15. The summed E-state index contributed by atoms with van der Waals surface area (Å²) in [5.74, 6) is -0.935. The Morgan fingerprint density at radius 1 is 1.12 bits per heavy atom. The Labute approximate surface area is 240 Å². The van der Waals surface area contributed by atoms with Crippen molar-refractivity contribution in [1.29, 1.82) is 0 Å². The number of anilines is 1. The predicted molar refractivity (Wildman–Crippen MR) is 150 cm³/mol. The van der Waals surface area contributed by atoms with Crippen molar-refractivity contribution >= 4 is 58.7 Å². The largest absolute Gasteiger partial charge is 0.337 e. The van der Waals surface area contributed by atoms with Gasteiger partial charge in [-0.1, -0.05) is 11.6 Å². The number of fused-ring (bicyclic) bond motifs is 4. The molecule has 3 amide bonds. The third-order valence-electron chi connectivity index (χ3n) is 9.43. The second kappa shape index (κ2) is 9.17. The van der Waals surface area contributed by atoms with Gasteiger partial charge in [-0.05, 0) is 68.7 Å². The molecule has 40 heavy (non-hydrogen) atoms. The molecule has 1 saturated carbocycles. The summed E-state index contributed by atoms with van der Waals surface area (Å²) in [5.41, 5.74) is 1.37.